The number of hydrogen-bond donors (Lipinski definition) is 0. The lowest BCUT2D eigenvalue weighted by molar-refractivity contribution is -0.167. The molecular formula is C76H136O6. The third kappa shape index (κ3) is 67.6. The van der Waals surface area contributed by atoms with Crippen molar-refractivity contribution in [1.82, 2.24) is 0 Å². The number of carbonyl (C=O) groups is 3. The molecule has 0 spiro atoms. The second-order valence-corrected chi connectivity index (χ2v) is 24.1. The van der Waals surface area contributed by atoms with E-state index in [1.807, 2.05) is 0 Å². The Kier molecular flexibility index (Phi) is 67.6. The van der Waals surface area contributed by atoms with Crippen molar-refractivity contribution in [3.8, 4) is 0 Å². The van der Waals surface area contributed by atoms with Crippen LogP contribution in [0.4, 0.5) is 0 Å². The summed E-state index contributed by atoms with van der Waals surface area (Å²) in [5.41, 5.74) is 0. The zero-order chi connectivity index (χ0) is 59.2. The maximum absolute atomic E-state index is 12.9. The molecule has 6 heteroatoms. The Morgan fingerprint density at radius 1 is 0.256 bits per heavy atom. The summed E-state index contributed by atoms with van der Waals surface area (Å²) >= 11 is 0. The Hall–Kier alpha value is -3.15. The number of unbranched alkanes of at least 4 members (excludes halogenated alkanes) is 43. The average Bonchev–Trinajstić information content (AvgIpc) is 3.47. The summed E-state index contributed by atoms with van der Waals surface area (Å²) in [7, 11) is 0. The van der Waals surface area contributed by atoms with Gasteiger partial charge in [-0.1, -0.05) is 338 Å². The highest BCUT2D eigenvalue weighted by Crippen LogP contribution is 2.18. The van der Waals surface area contributed by atoms with E-state index in [0.717, 1.165) is 89.9 Å². The zero-order valence-electron chi connectivity index (χ0n) is 54.8. The third-order valence-corrected chi connectivity index (χ3v) is 15.9. The smallest absolute Gasteiger partial charge is 0.306 e. The first-order valence-corrected chi connectivity index (χ1v) is 35.9. The van der Waals surface area contributed by atoms with Gasteiger partial charge in [0.25, 0.3) is 0 Å². The minimum atomic E-state index is -0.774. The molecule has 0 amide bonds. The van der Waals surface area contributed by atoms with Crippen LogP contribution in [0.1, 0.15) is 374 Å². The summed E-state index contributed by atoms with van der Waals surface area (Å²) in [5.74, 6) is -0.861. The molecule has 0 rings (SSSR count). The van der Waals surface area contributed by atoms with Gasteiger partial charge in [-0.25, -0.2) is 0 Å². The number of allylic oxidation sites excluding steroid dienone is 12. The molecule has 0 aliphatic rings. The van der Waals surface area contributed by atoms with E-state index < -0.39 is 6.10 Å². The van der Waals surface area contributed by atoms with E-state index in [2.05, 4.69) is 93.7 Å². The fraction of sp³-hybridized carbons (Fsp3) is 0.803. The summed E-state index contributed by atoms with van der Waals surface area (Å²) in [4.78, 5) is 38.2. The molecule has 0 aliphatic heterocycles. The predicted molar refractivity (Wildman–Crippen MR) is 358 cm³/mol. The van der Waals surface area contributed by atoms with Crippen LogP contribution >= 0.6 is 0 Å². The van der Waals surface area contributed by atoms with Gasteiger partial charge in [-0.05, 0) is 89.9 Å². The largest absolute Gasteiger partial charge is 0.462 e. The van der Waals surface area contributed by atoms with Crippen molar-refractivity contribution in [1.29, 1.82) is 0 Å². The fourth-order valence-electron chi connectivity index (χ4n) is 10.6. The van der Waals surface area contributed by atoms with E-state index in [0.29, 0.717) is 19.3 Å². The third-order valence-electron chi connectivity index (χ3n) is 15.9. The van der Waals surface area contributed by atoms with Crippen LogP contribution in [0.15, 0.2) is 72.9 Å². The first-order chi connectivity index (χ1) is 40.5. The second kappa shape index (κ2) is 70.3. The van der Waals surface area contributed by atoms with Crippen LogP contribution < -0.4 is 0 Å². The van der Waals surface area contributed by atoms with Gasteiger partial charge in [-0.3, -0.25) is 14.4 Å². The van der Waals surface area contributed by atoms with Crippen molar-refractivity contribution in [2.75, 3.05) is 13.2 Å². The van der Waals surface area contributed by atoms with Crippen LogP contribution in [-0.4, -0.2) is 37.2 Å². The number of carbonyl (C=O) groups excluding carboxylic acids is 3. The molecule has 0 saturated carbocycles. The van der Waals surface area contributed by atoms with Crippen LogP contribution in [-0.2, 0) is 28.6 Å². The molecule has 0 fully saturated rings. The molecule has 82 heavy (non-hydrogen) atoms. The van der Waals surface area contributed by atoms with Gasteiger partial charge < -0.3 is 14.2 Å². The predicted octanol–water partition coefficient (Wildman–Crippen LogP) is 24.8. The zero-order valence-corrected chi connectivity index (χ0v) is 54.8. The van der Waals surface area contributed by atoms with Gasteiger partial charge in [0, 0.05) is 19.3 Å². The molecule has 0 aromatic rings. The number of hydrogen-bond acceptors (Lipinski definition) is 6. The van der Waals surface area contributed by atoms with E-state index in [1.165, 1.54) is 244 Å². The lowest BCUT2D eigenvalue weighted by atomic mass is 10.0. The van der Waals surface area contributed by atoms with Crippen LogP contribution in [0.5, 0.6) is 0 Å². The Bertz CT molecular complexity index is 1500. The summed E-state index contributed by atoms with van der Waals surface area (Å²) in [5, 5.41) is 0. The van der Waals surface area contributed by atoms with Crippen LogP contribution in [0.3, 0.4) is 0 Å². The first-order valence-electron chi connectivity index (χ1n) is 35.9. The van der Waals surface area contributed by atoms with E-state index in [-0.39, 0.29) is 31.1 Å². The van der Waals surface area contributed by atoms with Crippen LogP contribution in [0.2, 0.25) is 0 Å². The van der Waals surface area contributed by atoms with E-state index in [9.17, 15) is 14.4 Å². The highest BCUT2D eigenvalue weighted by Gasteiger charge is 2.19. The minimum Gasteiger partial charge on any atom is -0.462 e. The van der Waals surface area contributed by atoms with Crippen molar-refractivity contribution in [2.45, 2.75) is 380 Å². The molecule has 6 nitrogen and oxygen atoms in total. The van der Waals surface area contributed by atoms with E-state index in [1.54, 1.807) is 0 Å². The monoisotopic (exact) mass is 1150 g/mol. The molecule has 1 unspecified atom stereocenters. The maximum atomic E-state index is 12.9. The molecule has 0 aliphatic carbocycles. The summed E-state index contributed by atoms with van der Waals surface area (Å²) in [6.45, 7) is 6.53. The molecule has 0 heterocycles. The standard InChI is InChI=1S/C76H136O6/c1-4-7-10-13-16-19-21-23-25-27-29-31-33-34-35-36-37-38-39-40-41-42-44-45-47-49-51-53-55-57-60-63-66-69-75(78)81-72-73(71-80-74(77)68-65-62-59-18-15-12-9-6-3)82-76(79)70-67-64-61-58-56-54-52-50-48-46-43-32-30-28-26-24-22-20-17-14-11-8-5-2/h8,11,17,20-21,23-24,26-27,29-30,32,73H,4-7,9-10,12-16,18-19,22,25,28,31,33-72H2,1-3H3/b11-8-,20-17-,23-21-,26-24-,29-27-,32-30-. The molecule has 0 radical (unpaired) electrons. The van der Waals surface area contributed by atoms with Gasteiger partial charge >= 0.3 is 17.9 Å². The Morgan fingerprint density at radius 2 is 0.476 bits per heavy atom. The summed E-state index contributed by atoms with van der Waals surface area (Å²) in [6, 6.07) is 0. The van der Waals surface area contributed by atoms with Crippen molar-refractivity contribution in [3.05, 3.63) is 72.9 Å². The Labute approximate surface area is 510 Å². The van der Waals surface area contributed by atoms with Crippen molar-refractivity contribution in [2.24, 2.45) is 0 Å². The molecule has 0 N–H and O–H groups in total. The number of esters is 3. The highest BCUT2D eigenvalue weighted by molar-refractivity contribution is 5.71. The quantitative estimate of drug-likeness (QED) is 0.0261. The minimum absolute atomic E-state index is 0.0721. The van der Waals surface area contributed by atoms with Crippen molar-refractivity contribution < 1.29 is 28.6 Å². The first kappa shape index (κ1) is 78.8. The average molecular weight is 1150 g/mol. The SMILES string of the molecule is CC/C=C\C/C=C\C/C=C\C/C=C\CCCCCCCCCCCCC(=O)OC(COC(=O)CCCCCCCCCC)COC(=O)CCCCCCCCCCCCCCCCCCCCCCC/C=C\C/C=C\CCCCCCC. The normalized spacial score (nSPS) is 12.5. The molecule has 0 aromatic heterocycles. The van der Waals surface area contributed by atoms with Gasteiger partial charge in [-0.15, -0.1) is 0 Å². The number of ether oxygens (including phenoxy) is 3. The van der Waals surface area contributed by atoms with Gasteiger partial charge in [-0.2, -0.15) is 0 Å². The second-order valence-electron chi connectivity index (χ2n) is 24.1. The van der Waals surface area contributed by atoms with Crippen molar-refractivity contribution in [3.63, 3.8) is 0 Å². The lowest BCUT2D eigenvalue weighted by Crippen LogP contribution is -2.30. The number of rotatable bonds is 66. The van der Waals surface area contributed by atoms with Gasteiger partial charge in [0.05, 0.1) is 0 Å². The topological polar surface area (TPSA) is 78.9 Å². The molecule has 0 aromatic carbocycles. The molecule has 0 bridgehead atoms. The Balaban J connectivity index is 4.04. The van der Waals surface area contributed by atoms with E-state index >= 15 is 0 Å². The molecular weight excluding hydrogens is 1010 g/mol. The van der Waals surface area contributed by atoms with Crippen molar-refractivity contribution >= 4 is 17.9 Å². The maximum Gasteiger partial charge on any atom is 0.306 e. The van der Waals surface area contributed by atoms with Crippen LogP contribution in [0, 0.1) is 0 Å². The fourth-order valence-corrected chi connectivity index (χ4v) is 10.6. The summed E-state index contributed by atoms with van der Waals surface area (Å²) in [6.07, 6.45) is 92.5. The molecule has 0 saturated heterocycles. The Morgan fingerprint density at radius 3 is 0.744 bits per heavy atom. The lowest BCUT2D eigenvalue weighted by Gasteiger charge is -2.18. The summed E-state index contributed by atoms with van der Waals surface area (Å²) < 4.78 is 16.9. The molecule has 1 atom stereocenters. The highest BCUT2D eigenvalue weighted by atomic mass is 16.6. The van der Waals surface area contributed by atoms with Gasteiger partial charge in [0.2, 0.25) is 0 Å². The van der Waals surface area contributed by atoms with Gasteiger partial charge in [0.1, 0.15) is 13.2 Å². The van der Waals surface area contributed by atoms with Crippen LogP contribution in [0.25, 0.3) is 0 Å². The van der Waals surface area contributed by atoms with Gasteiger partial charge in [0.15, 0.2) is 6.10 Å². The molecule has 476 valence electrons. The van der Waals surface area contributed by atoms with E-state index in [4.69, 9.17) is 14.2 Å².